The third-order valence-electron chi connectivity index (χ3n) is 1.53. The van der Waals surface area contributed by atoms with Crippen molar-refractivity contribution in [3.8, 4) is 12.3 Å². The topological polar surface area (TPSA) is 32.3 Å². The Hall–Kier alpha value is -1.46. The van der Waals surface area contributed by atoms with Crippen LogP contribution in [0.25, 0.3) is 0 Å². The van der Waals surface area contributed by atoms with E-state index in [2.05, 4.69) is 11.2 Å². The van der Waals surface area contributed by atoms with Crippen molar-refractivity contribution < 1.29 is 5.11 Å². The van der Waals surface area contributed by atoms with Crippen molar-refractivity contribution in [2.75, 3.05) is 11.9 Å². The van der Waals surface area contributed by atoms with Crippen LogP contribution in [0.2, 0.25) is 0 Å². The van der Waals surface area contributed by atoms with Crippen molar-refractivity contribution >= 4 is 5.69 Å². The van der Waals surface area contributed by atoms with E-state index in [1.54, 1.807) is 0 Å². The first-order valence-corrected chi connectivity index (χ1v) is 3.74. The number of hydrogen-bond donors (Lipinski definition) is 2. The van der Waals surface area contributed by atoms with Gasteiger partial charge in [0.1, 0.15) is 0 Å². The molecule has 1 aromatic carbocycles. The van der Waals surface area contributed by atoms with Crippen LogP contribution in [0.1, 0.15) is 5.56 Å². The van der Waals surface area contributed by atoms with E-state index < -0.39 is 0 Å². The van der Waals surface area contributed by atoms with Gasteiger partial charge in [-0.05, 0) is 17.7 Å². The molecular formula is C10H11NO. The molecule has 12 heavy (non-hydrogen) atoms. The van der Waals surface area contributed by atoms with Crippen LogP contribution in [-0.4, -0.2) is 11.7 Å². The van der Waals surface area contributed by atoms with E-state index in [9.17, 15) is 0 Å². The molecule has 0 saturated heterocycles. The highest BCUT2D eigenvalue weighted by Gasteiger charge is 1.90. The Labute approximate surface area is 72.2 Å². The maximum absolute atomic E-state index is 8.75. The molecule has 0 aliphatic rings. The summed E-state index contributed by atoms with van der Waals surface area (Å²) in [5, 5.41) is 11.8. The predicted molar refractivity (Wildman–Crippen MR) is 49.7 cm³/mol. The van der Waals surface area contributed by atoms with Crippen molar-refractivity contribution in [1.29, 1.82) is 0 Å². The number of rotatable bonds is 3. The molecule has 0 radical (unpaired) electrons. The van der Waals surface area contributed by atoms with Gasteiger partial charge >= 0.3 is 0 Å². The Balaban J connectivity index is 2.60. The van der Waals surface area contributed by atoms with E-state index >= 15 is 0 Å². The number of hydrogen-bond acceptors (Lipinski definition) is 2. The van der Waals surface area contributed by atoms with Crippen LogP contribution in [0.4, 0.5) is 5.69 Å². The highest BCUT2D eigenvalue weighted by Crippen LogP contribution is 2.08. The largest absolute Gasteiger partial charge is 0.392 e. The summed E-state index contributed by atoms with van der Waals surface area (Å²) >= 11 is 0. The van der Waals surface area contributed by atoms with Crippen LogP contribution in [0.15, 0.2) is 24.3 Å². The fourth-order valence-electron chi connectivity index (χ4n) is 0.881. The molecule has 0 bridgehead atoms. The summed E-state index contributed by atoms with van der Waals surface area (Å²) in [7, 11) is 0. The highest BCUT2D eigenvalue weighted by atomic mass is 16.3. The zero-order valence-corrected chi connectivity index (χ0v) is 6.75. The summed E-state index contributed by atoms with van der Waals surface area (Å²) in [5.74, 6) is 2.48. The lowest BCUT2D eigenvalue weighted by Crippen LogP contribution is -1.97. The summed E-state index contributed by atoms with van der Waals surface area (Å²) < 4.78 is 0. The van der Waals surface area contributed by atoms with Crippen molar-refractivity contribution in [3.63, 3.8) is 0 Å². The molecule has 2 nitrogen and oxygen atoms in total. The van der Waals surface area contributed by atoms with Crippen molar-refractivity contribution in [3.05, 3.63) is 29.8 Å². The summed E-state index contributed by atoms with van der Waals surface area (Å²) in [5.41, 5.74) is 1.88. The van der Waals surface area contributed by atoms with E-state index in [1.165, 1.54) is 0 Å². The smallest absolute Gasteiger partial charge is 0.0763 e. The van der Waals surface area contributed by atoms with Crippen LogP contribution in [0, 0.1) is 12.3 Å². The molecule has 1 rings (SSSR count). The second kappa shape index (κ2) is 4.42. The average Bonchev–Trinajstić information content (AvgIpc) is 2.15. The van der Waals surface area contributed by atoms with E-state index in [1.807, 2.05) is 24.3 Å². The average molecular weight is 161 g/mol. The van der Waals surface area contributed by atoms with Gasteiger partial charge in [-0.25, -0.2) is 0 Å². The van der Waals surface area contributed by atoms with E-state index in [-0.39, 0.29) is 6.61 Å². The summed E-state index contributed by atoms with van der Waals surface area (Å²) in [6, 6.07) is 7.50. The minimum Gasteiger partial charge on any atom is -0.392 e. The maximum atomic E-state index is 8.75. The molecule has 0 fully saturated rings. The monoisotopic (exact) mass is 161 g/mol. The molecule has 0 aromatic heterocycles. The van der Waals surface area contributed by atoms with Gasteiger partial charge in [0, 0.05) is 5.69 Å². The molecule has 0 spiro atoms. The lowest BCUT2D eigenvalue weighted by atomic mass is 10.2. The third-order valence-corrected chi connectivity index (χ3v) is 1.53. The van der Waals surface area contributed by atoms with Crippen molar-refractivity contribution in [2.24, 2.45) is 0 Å². The van der Waals surface area contributed by atoms with Gasteiger partial charge in [0.15, 0.2) is 0 Å². The van der Waals surface area contributed by atoms with Gasteiger partial charge in [-0.1, -0.05) is 18.1 Å². The first kappa shape index (κ1) is 8.63. The molecule has 1 aromatic rings. The molecule has 0 unspecified atom stereocenters. The number of benzene rings is 1. The molecule has 0 atom stereocenters. The predicted octanol–water partition coefficient (Wildman–Crippen LogP) is 1.22. The lowest BCUT2D eigenvalue weighted by Gasteiger charge is -2.02. The first-order valence-electron chi connectivity index (χ1n) is 3.74. The molecule has 0 heterocycles. The minimum absolute atomic E-state index is 0.0788. The second-order valence-electron chi connectivity index (χ2n) is 2.41. The Kier molecular flexibility index (Phi) is 3.18. The number of aliphatic hydroxyl groups is 1. The van der Waals surface area contributed by atoms with Crippen LogP contribution in [-0.2, 0) is 6.61 Å². The molecular weight excluding hydrogens is 150 g/mol. The van der Waals surface area contributed by atoms with Gasteiger partial charge in [-0.3, -0.25) is 0 Å². The molecule has 0 aliphatic heterocycles. The zero-order chi connectivity index (χ0) is 8.81. The molecule has 2 heteroatoms. The quantitative estimate of drug-likeness (QED) is 0.653. The van der Waals surface area contributed by atoms with Crippen molar-refractivity contribution in [1.82, 2.24) is 0 Å². The van der Waals surface area contributed by atoms with E-state index in [0.29, 0.717) is 6.54 Å². The van der Waals surface area contributed by atoms with Gasteiger partial charge in [0.2, 0.25) is 0 Å². The summed E-state index contributed by atoms with van der Waals surface area (Å²) in [6.07, 6.45) is 5.08. The van der Waals surface area contributed by atoms with Gasteiger partial charge < -0.3 is 10.4 Å². The third kappa shape index (κ3) is 2.30. The molecule has 0 amide bonds. The number of nitrogens with one attached hydrogen (secondary N) is 1. The zero-order valence-electron chi connectivity index (χ0n) is 6.75. The fourth-order valence-corrected chi connectivity index (χ4v) is 0.881. The number of terminal acetylenes is 1. The summed E-state index contributed by atoms with van der Waals surface area (Å²) in [6.45, 7) is 0.605. The van der Waals surface area contributed by atoms with Gasteiger partial charge in [-0.2, -0.15) is 0 Å². The van der Waals surface area contributed by atoms with E-state index in [0.717, 1.165) is 11.3 Å². The van der Waals surface area contributed by atoms with Gasteiger partial charge in [0.25, 0.3) is 0 Å². The van der Waals surface area contributed by atoms with Crippen LogP contribution in [0.5, 0.6) is 0 Å². The second-order valence-corrected chi connectivity index (χ2v) is 2.41. The number of anilines is 1. The normalized spacial score (nSPS) is 9.00. The van der Waals surface area contributed by atoms with Crippen LogP contribution >= 0.6 is 0 Å². The SMILES string of the molecule is C#CCNc1ccc(CO)cc1. The Morgan fingerprint density at radius 3 is 2.50 bits per heavy atom. The highest BCUT2D eigenvalue weighted by molar-refractivity contribution is 5.45. The van der Waals surface area contributed by atoms with Gasteiger partial charge in [0.05, 0.1) is 13.2 Å². The first-order chi connectivity index (χ1) is 5.86. The van der Waals surface area contributed by atoms with E-state index in [4.69, 9.17) is 11.5 Å². The van der Waals surface area contributed by atoms with Crippen molar-refractivity contribution in [2.45, 2.75) is 6.61 Å². The van der Waals surface area contributed by atoms with Crippen LogP contribution < -0.4 is 5.32 Å². The molecule has 62 valence electrons. The molecule has 2 N–H and O–H groups in total. The van der Waals surface area contributed by atoms with Gasteiger partial charge in [-0.15, -0.1) is 6.42 Å². The minimum atomic E-state index is 0.0788. The lowest BCUT2D eigenvalue weighted by molar-refractivity contribution is 0.282. The Morgan fingerprint density at radius 2 is 2.00 bits per heavy atom. The Bertz CT molecular complexity index is 271. The maximum Gasteiger partial charge on any atom is 0.0763 e. The fraction of sp³-hybridized carbons (Fsp3) is 0.200. The Morgan fingerprint density at radius 1 is 1.33 bits per heavy atom. The summed E-state index contributed by atoms with van der Waals surface area (Å²) in [4.78, 5) is 0. The van der Waals surface area contributed by atoms with Crippen LogP contribution in [0.3, 0.4) is 0 Å². The molecule has 0 saturated carbocycles. The molecule has 0 aliphatic carbocycles. The number of aliphatic hydroxyl groups excluding tert-OH is 1. The standard InChI is InChI=1S/C10H11NO/c1-2-7-11-10-5-3-9(8-12)4-6-10/h1,3-6,11-12H,7-8H2.